The van der Waals surface area contributed by atoms with Crippen molar-refractivity contribution in [2.75, 3.05) is 13.1 Å². The molecule has 0 radical (unpaired) electrons. The second kappa shape index (κ2) is 10.6. The molecule has 1 saturated heterocycles. The van der Waals surface area contributed by atoms with Crippen molar-refractivity contribution in [3.63, 3.8) is 0 Å². The number of piperidine rings is 1. The lowest BCUT2D eigenvalue weighted by Gasteiger charge is -2.47. The molecule has 1 aromatic heterocycles. The van der Waals surface area contributed by atoms with Crippen molar-refractivity contribution in [2.24, 2.45) is 5.41 Å². The molecular weight excluding hydrogens is 471 g/mol. The first-order valence-corrected chi connectivity index (χ1v) is 14.4. The number of rotatable bonds is 8. The highest BCUT2D eigenvalue weighted by molar-refractivity contribution is 5.74. The van der Waals surface area contributed by atoms with Crippen LogP contribution in [0.1, 0.15) is 94.1 Å². The largest absolute Gasteiger partial charge is 0.371 e. The number of aromatic amines is 1. The molecular formula is C33H41FN4. The van der Waals surface area contributed by atoms with Crippen LogP contribution in [-0.4, -0.2) is 38.8 Å². The van der Waals surface area contributed by atoms with E-state index in [1.54, 1.807) is 0 Å². The highest BCUT2D eigenvalue weighted by atomic mass is 19.1. The number of hydrogen-bond acceptors (Lipinski definition) is 3. The van der Waals surface area contributed by atoms with E-state index >= 15 is 4.39 Å². The molecule has 2 heterocycles. The van der Waals surface area contributed by atoms with Crippen LogP contribution in [0.15, 0.2) is 42.5 Å². The zero-order chi connectivity index (χ0) is 26.9. The fraction of sp³-hybridized carbons (Fsp3) is 0.515. The number of hydrogen-bond donors (Lipinski definition) is 1. The number of likely N-dealkylation sites (tertiary alicyclic amines) is 1. The van der Waals surface area contributed by atoms with Gasteiger partial charge in [0, 0.05) is 47.3 Å². The zero-order valence-corrected chi connectivity index (χ0v) is 23.2. The lowest BCUT2D eigenvalue weighted by Crippen LogP contribution is -2.50. The second-order valence-corrected chi connectivity index (χ2v) is 11.6. The highest BCUT2D eigenvalue weighted by Crippen LogP contribution is 2.49. The number of benzene rings is 1. The summed E-state index contributed by atoms with van der Waals surface area (Å²) in [7, 11) is 0. The normalized spacial score (nSPS) is 23.0. The molecule has 3 aliphatic rings. The van der Waals surface area contributed by atoms with Gasteiger partial charge in [-0.3, -0.25) is 5.10 Å². The third-order valence-corrected chi connectivity index (χ3v) is 9.28. The summed E-state index contributed by atoms with van der Waals surface area (Å²) in [6, 6.07) is 4.64. The number of H-pyrrole nitrogens is 1. The van der Waals surface area contributed by atoms with Crippen molar-refractivity contribution in [1.29, 1.82) is 0 Å². The monoisotopic (exact) mass is 512 g/mol. The Labute approximate surface area is 227 Å². The molecule has 5 heteroatoms. The van der Waals surface area contributed by atoms with E-state index in [0.29, 0.717) is 38.3 Å². The van der Waals surface area contributed by atoms with E-state index < -0.39 is 11.1 Å². The van der Waals surface area contributed by atoms with Crippen molar-refractivity contribution < 1.29 is 4.39 Å². The maximum Gasteiger partial charge on any atom is 0.181 e. The van der Waals surface area contributed by atoms with Gasteiger partial charge in [-0.15, -0.1) is 6.42 Å². The van der Waals surface area contributed by atoms with E-state index in [0.717, 1.165) is 53.3 Å². The lowest BCUT2D eigenvalue weighted by molar-refractivity contribution is -0.0110. The third-order valence-electron chi connectivity index (χ3n) is 9.28. The molecule has 1 aromatic carbocycles. The molecule has 2 aromatic rings. The Hall–Kier alpha value is -3.13. The maximum absolute atomic E-state index is 16.4. The summed E-state index contributed by atoms with van der Waals surface area (Å²) < 4.78 is 16.4. The van der Waals surface area contributed by atoms with Crippen LogP contribution in [0.3, 0.4) is 0 Å². The first kappa shape index (κ1) is 26.5. The molecule has 1 aliphatic heterocycles. The summed E-state index contributed by atoms with van der Waals surface area (Å²) in [6.07, 6.45) is 19.6. The van der Waals surface area contributed by atoms with Gasteiger partial charge in [-0.05, 0) is 68.1 Å². The summed E-state index contributed by atoms with van der Waals surface area (Å²) in [4.78, 5) is 7.12. The summed E-state index contributed by atoms with van der Waals surface area (Å²) in [5, 5.41) is 7.75. The van der Waals surface area contributed by atoms with E-state index in [-0.39, 0.29) is 0 Å². The quantitative estimate of drug-likeness (QED) is 0.371. The molecule has 5 rings (SSSR count). The first-order chi connectivity index (χ1) is 18.3. The minimum atomic E-state index is -1.27. The van der Waals surface area contributed by atoms with E-state index in [1.807, 2.05) is 25.2 Å². The average molecular weight is 513 g/mol. The molecule has 2 aliphatic carbocycles. The van der Waals surface area contributed by atoms with Gasteiger partial charge in [0.2, 0.25) is 0 Å². The Bertz CT molecular complexity index is 1300. The van der Waals surface area contributed by atoms with Gasteiger partial charge in [0.25, 0.3) is 0 Å². The summed E-state index contributed by atoms with van der Waals surface area (Å²) in [6.45, 7) is 12.2. The van der Waals surface area contributed by atoms with E-state index in [1.165, 1.54) is 30.4 Å². The van der Waals surface area contributed by atoms with Crippen LogP contribution in [0.5, 0.6) is 0 Å². The van der Waals surface area contributed by atoms with Crippen LogP contribution >= 0.6 is 0 Å². The van der Waals surface area contributed by atoms with Gasteiger partial charge in [0.1, 0.15) is 11.5 Å². The number of aryl methyl sites for hydroxylation is 2. The lowest BCUT2D eigenvalue weighted by atomic mass is 9.66. The highest BCUT2D eigenvalue weighted by Gasteiger charge is 2.49. The van der Waals surface area contributed by atoms with Crippen LogP contribution < -0.4 is 0 Å². The Morgan fingerprint density at radius 3 is 2.61 bits per heavy atom. The number of terminal acetylenes is 1. The zero-order valence-electron chi connectivity index (χ0n) is 23.2. The van der Waals surface area contributed by atoms with Crippen molar-refractivity contribution in [2.45, 2.75) is 90.1 Å². The first-order valence-electron chi connectivity index (χ1n) is 14.4. The molecule has 1 atom stereocenters. The van der Waals surface area contributed by atoms with Crippen LogP contribution in [0.4, 0.5) is 4.39 Å². The topological polar surface area (TPSA) is 44.8 Å². The van der Waals surface area contributed by atoms with Crippen LogP contribution in [0.2, 0.25) is 0 Å². The molecule has 0 spiro atoms. The van der Waals surface area contributed by atoms with E-state index in [9.17, 15) is 0 Å². The molecule has 0 amide bonds. The predicted molar refractivity (Wildman–Crippen MR) is 154 cm³/mol. The van der Waals surface area contributed by atoms with Gasteiger partial charge in [-0.25, -0.2) is 9.37 Å². The minimum absolute atomic E-state index is 0.474. The fourth-order valence-corrected chi connectivity index (χ4v) is 6.28. The second-order valence-electron chi connectivity index (χ2n) is 11.6. The standard InChI is InChI=1S/C33H41FN4/c1-6-10-30-35-31(37-36-30)29-22-27(25(8-3)21-28(29)26-11-9-12-26)23(4)38-19-17-33(34,18-20-38)32(5)15-13-24(7-2)14-16-32/h2,13-15,21-22,26H,4,6,8-12,16-20H2,1,3,5H3,(H,35,36,37). The Balaban J connectivity index is 1.40. The number of halogens is 1. The van der Waals surface area contributed by atoms with Crippen molar-refractivity contribution in [3.8, 4) is 23.7 Å². The molecule has 1 saturated carbocycles. The van der Waals surface area contributed by atoms with Crippen LogP contribution in [0.25, 0.3) is 17.1 Å². The van der Waals surface area contributed by atoms with Gasteiger partial charge >= 0.3 is 0 Å². The van der Waals surface area contributed by atoms with Crippen LogP contribution in [0, 0.1) is 17.8 Å². The molecule has 38 heavy (non-hydrogen) atoms. The smallest absolute Gasteiger partial charge is 0.181 e. The van der Waals surface area contributed by atoms with Gasteiger partial charge < -0.3 is 4.90 Å². The Kier molecular flexibility index (Phi) is 7.36. The maximum atomic E-state index is 16.4. The van der Waals surface area contributed by atoms with Gasteiger partial charge in [-0.1, -0.05) is 64.0 Å². The van der Waals surface area contributed by atoms with Crippen molar-refractivity contribution in [1.82, 2.24) is 20.1 Å². The summed E-state index contributed by atoms with van der Waals surface area (Å²) >= 11 is 0. The Morgan fingerprint density at radius 2 is 2.03 bits per heavy atom. The number of alkyl halides is 1. The number of nitrogens with one attached hydrogen (secondary N) is 1. The predicted octanol–water partition coefficient (Wildman–Crippen LogP) is 7.55. The van der Waals surface area contributed by atoms with Gasteiger partial charge in [0.15, 0.2) is 5.82 Å². The molecule has 0 bridgehead atoms. The van der Waals surface area contributed by atoms with Crippen molar-refractivity contribution in [3.05, 3.63) is 65.0 Å². The number of nitrogens with zero attached hydrogens (tertiary/aromatic N) is 3. The van der Waals surface area contributed by atoms with Gasteiger partial charge in [-0.2, -0.15) is 5.10 Å². The molecule has 2 fully saturated rings. The summed E-state index contributed by atoms with van der Waals surface area (Å²) in [5.41, 5.74) is 4.96. The molecule has 4 nitrogen and oxygen atoms in total. The molecule has 200 valence electrons. The van der Waals surface area contributed by atoms with Gasteiger partial charge in [0.05, 0.1) is 0 Å². The fourth-order valence-electron chi connectivity index (χ4n) is 6.28. The molecule has 1 unspecified atom stereocenters. The van der Waals surface area contributed by atoms with Crippen LogP contribution in [-0.2, 0) is 12.8 Å². The summed E-state index contributed by atoms with van der Waals surface area (Å²) in [5.74, 6) is 4.96. The van der Waals surface area contributed by atoms with Crippen molar-refractivity contribution >= 4 is 5.70 Å². The van der Waals surface area contributed by atoms with E-state index in [2.05, 4.69) is 53.6 Å². The SMILES string of the molecule is C#CC1=CCC(C)(C2(F)CCN(C(=C)c3cc(-c4n[nH]c(CCC)n4)c(C4CCC4)cc3CC)CC2)C=C1. The molecule has 1 N–H and O–H groups in total. The van der Waals surface area contributed by atoms with E-state index in [4.69, 9.17) is 11.4 Å². The minimum Gasteiger partial charge on any atom is -0.371 e. The number of allylic oxidation sites excluding steroid dienone is 4. The number of aromatic nitrogens is 3. The average Bonchev–Trinajstić information content (AvgIpc) is 3.36. The Morgan fingerprint density at radius 1 is 1.26 bits per heavy atom. The third kappa shape index (κ3) is 4.75.